The van der Waals surface area contributed by atoms with Crippen molar-refractivity contribution in [3.05, 3.63) is 23.8 Å². The van der Waals surface area contributed by atoms with E-state index < -0.39 is 17.5 Å². The molecule has 0 radical (unpaired) electrons. The van der Waals surface area contributed by atoms with Crippen LogP contribution >= 0.6 is 0 Å². The van der Waals surface area contributed by atoms with E-state index in [4.69, 9.17) is 4.74 Å². The fourth-order valence-corrected chi connectivity index (χ4v) is 1.10. The second-order valence-electron chi connectivity index (χ2n) is 2.57. The number of anilines is 1. The van der Waals surface area contributed by atoms with Crippen molar-refractivity contribution in [2.75, 3.05) is 11.9 Å². The van der Waals surface area contributed by atoms with Gasteiger partial charge in [0.25, 0.3) is 5.91 Å². The lowest BCUT2D eigenvalue weighted by Crippen LogP contribution is -2.26. The highest BCUT2D eigenvalue weighted by Crippen LogP contribution is 2.32. The number of hydrogen-bond acceptors (Lipinski definition) is 2. The number of amides is 1. The van der Waals surface area contributed by atoms with Crippen LogP contribution in [-0.2, 0) is 4.79 Å². The fourth-order valence-electron chi connectivity index (χ4n) is 1.10. The monoisotopic (exact) mass is 185 g/mol. The van der Waals surface area contributed by atoms with Crippen molar-refractivity contribution < 1.29 is 18.3 Å². The predicted molar refractivity (Wildman–Crippen MR) is 40.5 cm³/mol. The number of carbonyl (C=O) groups is 1. The van der Waals surface area contributed by atoms with E-state index in [2.05, 4.69) is 5.32 Å². The molecule has 5 heteroatoms. The largest absolute Gasteiger partial charge is 0.478 e. The molecule has 1 aliphatic heterocycles. The Labute approximate surface area is 72.3 Å². The maximum Gasteiger partial charge on any atom is 0.262 e. The Morgan fingerprint density at radius 2 is 2.00 bits per heavy atom. The zero-order valence-corrected chi connectivity index (χ0v) is 6.43. The predicted octanol–water partition coefficient (Wildman–Crippen LogP) is 1.30. The number of hydrogen-bond donors (Lipinski definition) is 1. The van der Waals surface area contributed by atoms with Gasteiger partial charge in [0.05, 0.1) is 0 Å². The molecule has 1 aliphatic rings. The topological polar surface area (TPSA) is 38.3 Å². The highest BCUT2D eigenvalue weighted by Gasteiger charge is 2.22. The number of ether oxygens (including phenoxy) is 1. The molecule has 0 saturated heterocycles. The van der Waals surface area contributed by atoms with Crippen LogP contribution in [0.1, 0.15) is 0 Å². The van der Waals surface area contributed by atoms with Crippen LogP contribution in [-0.4, -0.2) is 12.5 Å². The summed E-state index contributed by atoms with van der Waals surface area (Å²) in [6.45, 7) is -0.284. The minimum absolute atomic E-state index is 0.226. The van der Waals surface area contributed by atoms with Crippen LogP contribution in [0.4, 0.5) is 14.5 Å². The van der Waals surface area contributed by atoms with Crippen molar-refractivity contribution in [1.82, 2.24) is 0 Å². The summed E-state index contributed by atoms with van der Waals surface area (Å²) in [6, 6.07) is 1.88. The highest BCUT2D eigenvalue weighted by molar-refractivity contribution is 5.95. The van der Waals surface area contributed by atoms with Crippen LogP contribution in [0.15, 0.2) is 12.1 Å². The van der Waals surface area contributed by atoms with E-state index in [9.17, 15) is 13.6 Å². The molecule has 0 saturated carbocycles. The van der Waals surface area contributed by atoms with E-state index in [1.807, 2.05) is 0 Å². The maximum atomic E-state index is 13.0. The van der Waals surface area contributed by atoms with Crippen molar-refractivity contribution in [2.24, 2.45) is 0 Å². The van der Waals surface area contributed by atoms with Gasteiger partial charge >= 0.3 is 0 Å². The van der Waals surface area contributed by atoms with Crippen LogP contribution in [0.3, 0.4) is 0 Å². The third kappa shape index (κ3) is 1.22. The van der Waals surface area contributed by atoms with E-state index in [0.29, 0.717) is 0 Å². The lowest BCUT2D eigenvalue weighted by atomic mass is 10.2. The van der Waals surface area contributed by atoms with Crippen LogP contribution in [0, 0.1) is 11.6 Å². The number of nitrogens with one attached hydrogen (secondary N) is 1. The molecule has 1 aromatic carbocycles. The van der Waals surface area contributed by atoms with Gasteiger partial charge in [0.2, 0.25) is 0 Å². The van der Waals surface area contributed by atoms with Gasteiger partial charge in [-0.1, -0.05) is 0 Å². The fraction of sp³-hybridized carbons (Fsp3) is 0.125. The normalized spacial score (nSPS) is 14.5. The van der Waals surface area contributed by atoms with Crippen molar-refractivity contribution in [1.29, 1.82) is 0 Å². The average molecular weight is 185 g/mol. The smallest absolute Gasteiger partial charge is 0.262 e. The number of rotatable bonds is 0. The Morgan fingerprint density at radius 3 is 2.77 bits per heavy atom. The van der Waals surface area contributed by atoms with Crippen LogP contribution in [0.25, 0.3) is 0 Å². The van der Waals surface area contributed by atoms with Gasteiger partial charge in [0, 0.05) is 0 Å². The lowest BCUT2D eigenvalue weighted by Gasteiger charge is -2.18. The summed E-state index contributed by atoms with van der Waals surface area (Å²) in [4.78, 5) is 10.8. The number of fused-ring (bicyclic) bond motifs is 1. The Balaban J connectivity index is 2.57. The summed E-state index contributed by atoms with van der Waals surface area (Å²) in [6.07, 6.45) is 0. The molecular weight excluding hydrogens is 180 g/mol. The summed E-state index contributed by atoms with van der Waals surface area (Å²) in [7, 11) is 0. The summed E-state index contributed by atoms with van der Waals surface area (Å²) in [5, 5.41) is 2.19. The molecule has 0 unspecified atom stereocenters. The molecule has 1 amide bonds. The van der Waals surface area contributed by atoms with Crippen LogP contribution < -0.4 is 10.1 Å². The maximum absolute atomic E-state index is 13.0. The summed E-state index contributed by atoms with van der Waals surface area (Å²) < 4.78 is 30.6. The van der Waals surface area contributed by atoms with Crippen molar-refractivity contribution in [3.8, 4) is 5.75 Å². The molecule has 0 atom stereocenters. The molecule has 3 nitrogen and oxygen atoms in total. The Kier molecular flexibility index (Phi) is 1.65. The van der Waals surface area contributed by atoms with Gasteiger partial charge in [-0.2, -0.15) is 0 Å². The van der Waals surface area contributed by atoms with Gasteiger partial charge in [-0.05, 0) is 12.1 Å². The van der Waals surface area contributed by atoms with Gasteiger partial charge in [-0.25, -0.2) is 8.78 Å². The first-order chi connectivity index (χ1) is 6.18. The van der Waals surface area contributed by atoms with Crippen molar-refractivity contribution >= 4 is 11.6 Å². The van der Waals surface area contributed by atoms with Gasteiger partial charge in [-0.3, -0.25) is 4.79 Å². The van der Waals surface area contributed by atoms with E-state index in [1.54, 1.807) is 0 Å². The van der Waals surface area contributed by atoms with Crippen LogP contribution in [0.2, 0.25) is 0 Å². The second kappa shape index (κ2) is 2.69. The van der Waals surface area contributed by atoms with Crippen molar-refractivity contribution in [2.45, 2.75) is 0 Å². The van der Waals surface area contributed by atoms with E-state index >= 15 is 0 Å². The first kappa shape index (κ1) is 7.97. The summed E-state index contributed by atoms with van der Waals surface area (Å²) >= 11 is 0. The number of benzene rings is 1. The molecule has 1 heterocycles. The van der Waals surface area contributed by atoms with Gasteiger partial charge in [0.15, 0.2) is 24.0 Å². The zero-order valence-electron chi connectivity index (χ0n) is 6.43. The third-order valence-electron chi connectivity index (χ3n) is 1.67. The van der Waals surface area contributed by atoms with Gasteiger partial charge in [0.1, 0.15) is 5.69 Å². The average Bonchev–Trinajstić information content (AvgIpc) is 2.12. The zero-order chi connectivity index (χ0) is 9.42. The highest BCUT2D eigenvalue weighted by atomic mass is 19.1. The summed E-state index contributed by atoms with van der Waals surface area (Å²) in [5.74, 6) is -2.11. The molecule has 68 valence electrons. The van der Waals surface area contributed by atoms with E-state index in [0.717, 1.165) is 12.1 Å². The van der Waals surface area contributed by atoms with Gasteiger partial charge < -0.3 is 10.1 Å². The standard InChI is InChI=1S/C8H5F2NO2/c9-4-1-2-5(10)8-7(4)11-6(12)3-13-8/h1-2H,3H2,(H,11,12). The lowest BCUT2D eigenvalue weighted by molar-refractivity contribution is -0.118. The SMILES string of the molecule is O=C1COc2c(F)ccc(F)c2N1. The molecule has 0 spiro atoms. The molecule has 0 aromatic heterocycles. The molecule has 0 aliphatic carbocycles. The minimum atomic E-state index is -0.704. The Hall–Kier alpha value is -1.65. The first-order valence-corrected chi connectivity index (χ1v) is 3.59. The Morgan fingerprint density at radius 1 is 1.31 bits per heavy atom. The van der Waals surface area contributed by atoms with Crippen molar-refractivity contribution in [3.63, 3.8) is 0 Å². The van der Waals surface area contributed by atoms with Crippen LogP contribution in [0.5, 0.6) is 5.75 Å². The minimum Gasteiger partial charge on any atom is -0.478 e. The van der Waals surface area contributed by atoms with E-state index in [-0.39, 0.29) is 18.0 Å². The molecule has 1 N–H and O–H groups in total. The third-order valence-corrected chi connectivity index (χ3v) is 1.67. The quantitative estimate of drug-likeness (QED) is 0.661. The Bertz CT molecular complexity index is 379. The molecule has 13 heavy (non-hydrogen) atoms. The first-order valence-electron chi connectivity index (χ1n) is 3.59. The molecular formula is C8H5F2NO2. The number of carbonyl (C=O) groups excluding carboxylic acids is 1. The molecule has 0 bridgehead atoms. The number of halogens is 2. The van der Waals surface area contributed by atoms with E-state index in [1.165, 1.54) is 0 Å². The molecule has 1 aromatic rings. The molecule has 2 rings (SSSR count). The van der Waals surface area contributed by atoms with Gasteiger partial charge in [-0.15, -0.1) is 0 Å². The summed E-state index contributed by atoms with van der Waals surface area (Å²) in [5.41, 5.74) is -0.226. The second-order valence-corrected chi connectivity index (χ2v) is 2.57. The molecule has 0 fully saturated rings.